The molecule has 0 heterocycles. The molecule has 0 bridgehead atoms. The Morgan fingerprint density at radius 1 is 1.06 bits per heavy atom. The lowest BCUT2D eigenvalue weighted by atomic mass is 9.96. The fourth-order valence-electron chi connectivity index (χ4n) is 1.95. The van der Waals surface area contributed by atoms with Crippen molar-refractivity contribution in [2.24, 2.45) is 0 Å². The average Bonchev–Trinajstić information content (AvgIpc) is 2.44. The normalized spacial score (nSPS) is 14.4. The van der Waals surface area contributed by atoms with Gasteiger partial charge < -0.3 is 15.3 Å². The summed E-state index contributed by atoms with van der Waals surface area (Å²) in [6.07, 6.45) is -2.95. The summed E-state index contributed by atoms with van der Waals surface area (Å²) in [6, 6.07) is 12.7. The Balaban J connectivity index is 2.44. The van der Waals surface area contributed by atoms with E-state index in [-0.39, 0.29) is 0 Å². The first-order valence-corrected chi connectivity index (χ1v) is 5.62. The molecule has 0 aliphatic heterocycles. The van der Waals surface area contributed by atoms with Gasteiger partial charge in [-0.25, -0.2) is 0 Å². The number of benzene rings is 2. The van der Waals surface area contributed by atoms with Crippen LogP contribution in [0.4, 0.5) is 0 Å². The maximum Gasteiger partial charge on any atom is 0.189 e. The van der Waals surface area contributed by atoms with Crippen molar-refractivity contribution in [1.82, 2.24) is 0 Å². The van der Waals surface area contributed by atoms with Crippen LogP contribution in [0.2, 0.25) is 0 Å². The SMILES string of the molecule is O=C(CO)C(O)C(O)c1cccc2ccccc12. The largest absolute Gasteiger partial charge is 0.388 e. The summed E-state index contributed by atoms with van der Waals surface area (Å²) < 4.78 is 0. The van der Waals surface area contributed by atoms with E-state index in [0.29, 0.717) is 5.56 Å². The third kappa shape index (κ3) is 2.26. The van der Waals surface area contributed by atoms with E-state index >= 15 is 0 Å². The van der Waals surface area contributed by atoms with Gasteiger partial charge >= 0.3 is 0 Å². The molecule has 0 aromatic heterocycles. The van der Waals surface area contributed by atoms with Gasteiger partial charge in [-0.2, -0.15) is 0 Å². The van der Waals surface area contributed by atoms with Crippen molar-refractivity contribution < 1.29 is 20.1 Å². The van der Waals surface area contributed by atoms with Gasteiger partial charge in [-0.15, -0.1) is 0 Å². The van der Waals surface area contributed by atoms with Crippen LogP contribution in [0.25, 0.3) is 10.8 Å². The van der Waals surface area contributed by atoms with Crippen molar-refractivity contribution in [2.45, 2.75) is 12.2 Å². The third-order valence-corrected chi connectivity index (χ3v) is 2.93. The highest BCUT2D eigenvalue weighted by Gasteiger charge is 2.25. The molecule has 2 unspecified atom stereocenters. The Hall–Kier alpha value is -1.75. The molecular weight excluding hydrogens is 232 g/mol. The van der Waals surface area contributed by atoms with E-state index in [1.807, 2.05) is 30.3 Å². The van der Waals surface area contributed by atoms with Crippen molar-refractivity contribution >= 4 is 16.6 Å². The molecular formula is C14H14O4. The molecule has 0 fully saturated rings. The van der Waals surface area contributed by atoms with Crippen molar-refractivity contribution in [3.05, 3.63) is 48.0 Å². The van der Waals surface area contributed by atoms with Crippen LogP contribution in [0.5, 0.6) is 0 Å². The number of rotatable bonds is 4. The molecule has 0 amide bonds. The Morgan fingerprint density at radius 3 is 2.44 bits per heavy atom. The second-order valence-electron chi connectivity index (χ2n) is 4.08. The quantitative estimate of drug-likeness (QED) is 0.745. The topological polar surface area (TPSA) is 77.8 Å². The van der Waals surface area contributed by atoms with Crippen molar-refractivity contribution in [2.75, 3.05) is 6.61 Å². The number of ketones is 1. The van der Waals surface area contributed by atoms with Crippen LogP contribution in [-0.2, 0) is 4.79 Å². The minimum Gasteiger partial charge on any atom is -0.388 e. The fourth-order valence-corrected chi connectivity index (χ4v) is 1.95. The first kappa shape index (κ1) is 12.7. The van der Waals surface area contributed by atoms with Gasteiger partial charge in [0.05, 0.1) is 0 Å². The summed E-state index contributed by atoms with van der Waals surface area (Å²) in [5.41, 5.74) is 0.474. The molecule has 94 valence electrons. The zero-order valence-corrected chi connectivity index (χ0v) is 9.65. The number of fused-ring (bicyclic) bond motifs is 1. The number of Topliss-reactive ketones (excluding diaryl/α,β-unsaturated/α-hetero) is 1. The van der Waals surface area contributed by atoms with E-state index in [1.54, 1.807) is 12.1 Å². The zero-order chi connectivity index (χ0) is 13.1. The first-order chi connectivity index (χ1) is 8.65. The Morgan fingerprint density at radius 2 is 1.72 bits per heavy atom. The predicted molar refractivity (Wildman–Crippen MR) is 67.0 cm³/mol. The molecule has 2 aromatic carbocycles. The van der Waals surface area contributed by atoms with Gasteiger partial charge in [0.1, 0.15) is 18.8 Å². The second-order valence-corrected chi connectivity index (χ2v) is 4.08. The van der Waals surface area contributed by atoms with Crippen molar-refractivity contribution in [3.8, 4) is 0 Å². The van der Waals surface area contributed by atoms with Crippen LogP contribution >= 0.6 is 0 Å². The van der Waals surface area contributed by atoms with Gasteiger partial charge in [-0.1, -0.05) is 42.5 Å². The highest BCUT2D eigenvalue weighted by atomic mass is 16.3. The first-order valence-electron chi connectivity index (χ1n) is 5.62. The van der Waals surface area contributed by atoms with Crippen molar-refractivity contribution in [3.63, 3.8) is 0 Å². The monoisotopic (exact) mass is 246 g/mol. The molecule has 2 aromatic rings. The summed E-state index contributed by atoms with van der Waals surface area (Å²) in [5, 5.41) is 30.0. The standard InChI is InChI=1S/C14H14O4/c15-8-12(16)14(18)13(17)11-7-3-5-9-4-1-2-6-10(9)11/h1-7,13-15,17-18H,8H2. The molecule has 2 rings (SSSR count). The molecule has 0 spiro atoms. The molecule has 4 heteroatoms. The van der Waals surface area contributed by atoms with Crippen LogP contribution in [-0.4, -0.2) is 33.8 Å². The number of carbonyl (C=O) groups is 1. The highest BCUT2D eigenvalue weighted by Crippen LogP contribution is 2.26. The lowest BCUT2D eigenvalue weighted by Gasteiger charge is -2.18. The molecule has 18 heavy (non-hydrogen) atoms. The molecule has 0 aliphatic rings. The summed E-state index contributed by atoms with van der Waals surface area (Å²) in [7, 11) is 0. The molecule has 3 N–H and O–H groups in total. The van der Waals surface area contributed by atoms with Gasteiger partial charge in [-0.05, 0) is 16.3 Å². The van der Waals surface area contributed by atoms with Gasteiger partial charge in [0, 0.05) is 0 Å². The Labute approximate surface area is 104 Å². The number of hydrogen-bond donors (Lipinski definition) is 3. The summed E-state index contributed by atoms with van der Waals surface area (Å²) in [6.45, 7) is -0.789. The summed E-state index contributed by atoms with van der Waals surface area (Å²) in [4.78, 5) is 11.2. The van der Waals surface area contributed by atoms with Crippen LogP contribution < -0.4 is 0 Å². The van der Waals surface area contributed by atoms with Crippen LogP contribution in [0.1, 0.15) is 11.7 Å². The smallest absolute Gasteiger partial charge is 0.189 e. The zero-order valence-electron chi connectivity index (χ0n) is 9.65. The summed E-state index contributed by atoms with van der Waals surface area (Å²) >= 11 is 0. The third-order valence-electron chi connectivity index (χ3n) is 2.93. The molecule has 0 aliphatic carbocycles. The molecule has 0 saturated carbocycles. The van der Waals surface area contributed by atoms with Crippen molar-refractivity contribution in [1.29, 1.82) is 0 Å². The van der Waals surface area contributed by atoms with Gasteiger partial charge in [0.25, 0.3) is 0 Å². The van der Waals surface area contributed by atoms with Crippen LogP contribution in [0.3, 0.4) is 0 Å². The maximum atomic E-state index is 11.2. The molecule has 0 saturated heterocycles. The fraction of sp³-hybridized carbons (Fsp3) is 0.214. The average molecular weight is 246 g/mol. The number of hydrogen-bond acceptors (Lipinski definition) is 4. The van der Waals surface area contributed by atoms with Gasteiger partial charge in [0.2, 0.25) is 0 Å². The van der Waals surface area contributed by atoms with Crippen LogP contribution in [0, 0.1) is 0 Å². The van der Waals surface area contributed by atoms with E-state index in [4.69, 9.17) is 5.11 Å². The minimum absolute atomic E-state index is 0.474. The minimum atomic E-state index is -1.61. The van der Waals surface area contributed by atoms with Gasteiger partial charge in [-0.3, -0.25) is 4.79 Å². The predicted octanol–water partition coefficient (Wildman–Crippen LogP) is 0.796. The highest BCUT2D eigenvalue weighted by molar-refractivity contribution is 5.88. The second kappa shape index (κ2) is 5.27. The van der Waals surface area contributed by atoms with Crippen LogP contribution in [0.15, 0.2) is 42.5 Å². The van der Waals surface area contributed by atoms with E-state index in [9.17, 15) is 15.0 Å². The van der Waals surface area contributed by atoms with E-state index < -0.39 is 24.6 Å². The number of aliphatic hydroxyl groups excluding tert-OH is 3. The molecule has 0 radical (unpaired) electrons. The van der Waals surface area contributed by atoms with E-state index in [2.05, 4.69) is 0 Å². The Kier molecular flexibility index (Phi) is 3.72. The Bertz CT molecular complexity index is 559. The van der Waals surface area contributed by atoms with Gasteiger partial charge in [0.15, 0.2) is 5.78 Å². The number of carbonyl (C=O) groups excluding carboxylic acids is 1. The summed E-state index contributed by atoms with van der Waals surface area (Å²) in [5.74, 6) is -0.796. The lowest BCUT2D eigenvalue weighted by molar-refractivity contribution is -0.135. The maximum absolute atomic E-state index is 11.2. The molecule has 4 nitrogen and oxygen atoms in total. The molecule has 2 atom stereocenters. The van der Waals surface area contributed by atoms with E-state index in [0.717, 1.165) is 10.8 Å². The van der Waals surface area contributed by atoms with E-state index in [1.165, 1.54) is 0 Å². The number of aliphatic hydroxyl groups is 3. The lowest BCUT2D eigenvalue weighted by Crippen LogP contribution is -2.30.